The van der Waals surface area contributed by atoms with Crippen LogP contribution in [0.15, 0.2) is 60.7 Å². The van der Waals surface area contributed by atoms with E-state index in [9.17, 15) is 9.90 Å². The summed E-state index contributed by atoms with van der Waals surface area (Å²) in [5.74, 6) is 0.754. The number of piperidine rings is 1. The third-order valence-corrected chi connectivity index (χ3v) is 5.71. The number of aldehydes is 1. The highest BCUT2D eigenvalue weighted by Crippen LogP contribution is 2.31. The van der Waals surface area contributed by atoms with E-state index in [-0.39, 0.29) is 5.75 Å². The van der Waals surface area contributed by atoms with E-state index in [1.54, 1.807) is 6.07 Å². The molecule has 1 atom stereocenters. The highest BCUT2D eigenvalue weighted by molar-refractivity contribution is 6.01. The van der Waals surface area contributed by atoms with Crippen LogP contribution < -0.4 is 4.90 Å². The van der Waals surface area contributed by atoms with Gasteiger partial charge < -0.3 is 10.0 Å². The molecule has 0 aromatic heterocycles. The van der Waals surface area contributed by atoms with Gasteiger partial charge in [-0.1, -0.05) is 42.5 Å². The van der Waals surface area contributed by atoms with Crippen LogP contribution in [0, 0.1) is 5.92 Å². The van der Waals surface area contributed by atoms with Gasteiger partial charge in [0.2, 0.25) is 0 Å². The van der Waals surface area contributed by atoms with E-state index in [2.05, 4.69) is 47.4 Å². The van der Waals surface area contributed by atoms with E-state index in [0.717, 1.165) is 36.6 Å². The van der Waals surface area contributed by atoms with Crippen molar-refractivity contribution in [2.24, 2.45) is 5.92 Å². The van der Waals surface area contributed by atoms with Gasteiger partial charge in [-0.2, -0.15) is 0 Å². The zero-order valence-corrected chi connectivity index (χ0v) is 15.5. The summed E-state index contributed by atoms with van der Waals surface area (Å²) in [6.07, 6.45) is 5.60. The van der Waals surface area contributed by atoms with Crippen molar-refractivity contribution in [3.05, 3.63) is 71.8 Å². The van der Waals surface area contributed by atoms with Gasteiger partial charge in [0.15, 0.2) is 6.29 Å². The molecule has 27 heavy (non-hydrogen) atoms. The molecule has 1 heterocycles. The number of hydrogen-bond acceptors (Lipinski definition) is 3. The van der Waals surface area contributed by atoms with Crippen molar-refractivity contribution >= 4 is 22.7 Å². The predicted octanol–water partition coefficient (Wildman–Crippen LogP) is 5.21. The maximum atomic E-state index is 11.3. The smallest absolute Gasteiger partial charge is 0.154 e. The molecule has 1 saturated heterocycles. The monoisotopic (exact) mass is 359 g/mol. The van der Waals surface area contributed by atoms with Crippen LogP contribution in [-0.2, 0) is 6.42 Å². The van der Waals surface area contributed by atoms with Gasteiger partial charge in [0, 0.05) is 18.8 Å². The number of fused-ring (bicyclic) bond motifs is 1. The average molecular weight is 359 g/mol. The largest absolute Gasteiger partial charge is 0.507 e. The lowest BCUT2D eigenvalue weighted by Gasteiger charge is -2.34. The highest BCUT2D eigenvalue weighted by Gasteiger charge is 2.20. The molecule has 3 aromatic rings. The lowest BCUT2D eigenvalue weighted by Crippen LogP contribution is -2.35. The van der Waals surface area contributed by atoms with Crippen LogP contribution in [0.1, 0.15) is 35.2 Å². The number of aryl methyl sites for hydroxylation is 1. The van der Waals surface area contributed by atoms with Crippen LogP contribution in [0.2, 0.25) is 0 Å². The fraction of sp³-hybridized carbons (Fsp3) is 0.292. The van der Waals surface area contributed by atoms with Gasteiger partial charge in [-0.15, -0.1) is 0 Å². The van der Waals surface area contributed by atoms with E-state index < -0.39 is 0 Å². The molecule has 0 bridgehead atoms. The van der Waals surface area contributed by atoms with Crippen LogP contribution in [-0.4, -0.2) is 24.5 Å². The molecule has 3 nitrogen and oxygen atoms in total. The van der Waals surface area contributed by atoms with Crippen LogP contribution in [0.5, 0.6) is 5.75 Å². The third-order valence-electron chi connectivity index (χ3n) is 5.71. The van der Waals surface area contributed by atoms with Crippen molar-refractivity contribution in [1.29, 1.82) is 0 Å². The first-order chi connectivity index (χ1) is 13.2. The molecule has 4 rings (SSSR count). The maximum Gasteiger partial charge on any atom is 0.154 e. The zero-order valence-electron chi connectivity index (χ0n) is 15.5. The Hall–Kier alpha value is -2.81. The first-order valence-electron chi connectivity index (χ1n) is 9.74. The number of anilines is 1. The summed E-state index contributed by atoms with van der Waals surface area (Å²) in [6.45, 7) is 2.16. The fourth-order valence-electron chi connectivity index (χ4n) is 4.20. The Kier molecular flexibility index (Phi) is 5.10. The van der Waals surface area contributed by atoms with Gasteiger partial charge in [-0.3, -0.25) is 4.79 Å². The average Bonchev–Trinajstić information content (AvgIpc) is 2.73. The van der Waals surface area contributed by atoms with Crippen molar-refractivity contribution in [3.8, 4) is 5.75 Å². The topological polar surface area (TPSA) is 40.5 Å². The summed E-state index contributed by atoms with van der Waals surface area (Å²) >= 11 is 0. The van der Waals surface area contributed by atoms with Crippen LogP contribution in [0.3, 0.4) is 0 Å². The number of rotatable bonds is 5. The molecule has 0 radical (unpaired) electrons. The first-order valence-corrected chi connectivity index (χ1v) is 9.74. The molecule has 1 fully saturated rings. The second-order valence-electron chi connectivity index (χ2n) is 7.50. The van der Waals surface area contributed by atoms with E-state index in [4.69, 9.17) is 0 Å². The van der Waals surface area contributed by atoms with Crippen molar-refractivity contribution in [1.82, 2.24) is 0 Å². The van der Waals surface area contributed by atoms with Crippen LogP contribution in [0.25, 0.3) is 10.8 Å². The minimum Gasteiger partial charge on any atom is -0.507 e. The molecular weight excluding hydrogens is 334 g/mol. The van der Waals surface area contributed by atoms with Gasteiger partial charge in [0.25, 0.3) is 0 Å². The molecule has 1 aliphatic heterocycles. The Morgan fingerprint density at radius 3 is 2.74 bits per heavy atom. The lowest BCUT2D eigenvalue weighted by molar-refractivity contribution is 0.112. The van der Waals surface area contributed by atoms with Gasteiger partial charge in [0.1, 0.15) is 5.75 Å². The SMILES string of the molecule is O=Cc1c(O)ccc2cc(N3CCCC(CCc4ccccc4)C3)ccc12. The number of carbonyl (C=O) groups excluding carboxylic acids is 1. The van der Waals surface area contributed by atoms with Crippen molar-refractivity contribution in [3.63, 3.8) is 0 Å². The normalized spacial score (nSPS) is 17.2. The minimum atomic E-state index is 0.0456. The van der Waals surface area contributed by atoms with E-state index in [0.29, 0.717) is 11.5 Å². The Morgan fingerprint density at radius 1 is 1.07 bits per heavy atom. The van der Waals surface area contributed by atoms with Gasteiger partial charge in [0.05, 0.1) is 5.56 Å². The molecule has 0 saturated carbocycles. The molecule has 1 aliphatic rings. The van der Waals surface area contributed by atoms with Crippen molar-refractivity contribution in [2.75, 3.05) is 18.0 Å². The second-order valence-corrected chi connectivity index (χ2v) is 7.50. The number of hydrogen-bond donors (Lipinski definition) is 1. The number of nitrogens with zero attached hydrogens (tertiary/aromatic N) is 1. The Morgan fingerprint density at radius 2 is 1.93 bits per heavy atom. The summed E-state index contributed by atoms with van der Waals surface area (Å²) in [5.41, 5.74) is 2.99. The molecule has 1 N–H and O–H groups in total. The third kappa shape index (κ3) is 3.82. The Bertz CT molecular complexity index is 936. The summed E-state index contributed by atoms with van der Waals surface area (Å²) in [6, 6.07) is 20.4. The number of phenolic OH excluding ortho intramolecular Hbond substituents is 1. The van der Waals surface area contributed by atoms with Crippen LogP contribution in [0.4, 0.5) is 5.69 Å². The predicted molar refractivity (Wildman–Crippen MR) is 111 cm³/mol. The number of aromatic hydroxyl groups is 1. The number of carbonyl (C=O) groups is 1. The van der Waals surface area contributed by atoms with Gasteiger partial charge in [-0.25, -0.2) is 0 Å². The Balaban J connectivity index is 1.49. The molecule has 0 aliphatic carbocycles. The summed E-state index contributed by atoms with van der Waals surface area (Å²) in [5, 5.41) is 11.7. The summed E-state index contributed by atoms with van der Waals surface area (Å²) in [4.78, 5) is 13.8. The second kappa shape index (κ2) is 7.83. The Labute approximate surface area is 160 Å². The molecule has 1 unspecified atom stereocenters. The summed E-state index contributed by atoms with van der Waals surface area (Å²) in [7, 11) is 0. The van der Waals surface area contributed by atoms with Crippen molar-refractivity contribution < 1.29 is 9.90 Å². The summed E-state index contributed by atoms with van der Waals surface area (Å²) < 4.78 is 0. The highest BCUT2D eigenvalue weighted by atomic mass is 16.3. The molecule has 138 valence electrons. The fourth-order valence-corrected chi connectivity index (χ4v) is 4.20. The standard InChI is InChI=1S/C24H25NO2/c26-17-23-22-12-11-21(15-20(22)10-13-24(23)27)25-14-4-7-19(16-25)9-8-18-5-2-1-3-6-18/h1-3,5-6,10-13,15,17,19,27H,4,7-9,14,16H2. The van der Waals surface area contributed by atoms with Crippen LogP contribution >= 0.6 is 0 Å². The van der Waals surface area contributed by atoms with E-state index in [1.165, 1.54) is 30.5 Å². The maximum absolute atomic E-state index is 11.3. The van der Waals surface area contributed by atoms with Gasteiger partial charge in [-0.05, 0) is 66.1 Å². The van der Waals surface area contributed by atoms with E-state index >= 15 is 0 Å². The first kappa shape index (κ1) is 17.6. The lowest BCUT2D eigenvalue weighted by atomic mass is 9.91. The molecule has 0 amide bonds. The number of phenols is 1. The zero-order chi connectivity index (χ0) is 18.6. The molecular formula is C24H25NO2. The molecule has 3 heteroatoms. The van der Waals surface area contributed by atoms with Crippen molar-refractivity contribution in [2.45, 2.75) is 25.7 Å². The van der Waals surface area contributed by atoms with Gasteiger partial charge >= 0.3 is 0 Å². The molecule has 0 spiro atoms. The number of benzene rings is 3. The quantitative estimate of drug-likeness (QED) is 0.636. The van der Waals surface area contributed by atoms with E-state index in [1.807, 2.05) is 12.1 Å². The molecule has 3 aromatic carbocycles. The minimum absolute atomic E-state index is 0.0456.